The molecule has 1 heterocycles. The molecule has 1 aliphatic rings. The average Bonchev–Trinajstić information content (AvgIpc) is 2.34. The Labute approximate surface area is 110 Å². The van der Waals surface area contributed by atoms with E-state index in [1.165, 1.54) is 0 Å². The van der Waals surface area contributed by atoms with E-state index in [9.17, 15) is 18.0 Å². The Hall–Kier alpha value is -0.980. The van der Waals surface area contributed by atoms with Gasteiger partial charge in [0.05, 0.1) is 19.1 Å². The van der Waals surface area contributed by atoms with Crippen molar-refractivity contribution in [2.45, 2.75) is 64.6 Å². The number of hydrogen-bond donors (Lipinski definition) is 0. The second-order valence-corrected chi connectivity index (χ2v) is 6.08. The highest BCUT2D eigenvalue weighted by molar-refractivity contribution is 5.69. The zero-order valence-electron chi connectivity index (χ0n) is 11.8. The fourth-order valence-corrected chi connectivity index (χ4v) is 1.98. The van der Waals surface area contributed by atoms with Crippen LogP contribution in [0.2, 0.25) is 0 Å². The molecule has 19 heavy (non-hydrogen) atoms. The van der Waals surface area contributed by atoms with Gasteiger partial charge in [-0.25, -0.2) is 4.79 Å². The van der Waals surface area contributed by atoms with E-state index < -0.39 is 36.1 Å². The molecule has 0 N–H and O–H groups in total. The van der Waals surface area contributed by atoms with Crippen LogP contribution in [0, 0.1) is 0 Å². The average molecular weight is 283 g/mol. The molecule has 1 rings (SSSR count). The number of rotatable bonds is 1. The van der Waals surface area contributed by atoms with Crippen LogP contribution >= 0.6 is 0 Å². The first-order valence-corrected chi connectivity index (χ1v) is 6.05. The Balaban J connectivity index is 2.87. The number of ether oxygens (including phenoxy) is 2. The van der Waals surface area contributed by atoms with Crippen LogP contribution in [0.15, 0.2) is 0 Å². The van der Waals surface area contributed by atoms with Gasteiger partial charge >= 0.3 is 12.3 Å². The molecule has 0 aromatic carbocycles. The van der Waals surface area contributed by atoms with Crippen molar-refractivity contribution >= 4 is 6.09 Å². The van der Waals surface area contributed by atoms with Crippen molar-refractivity contribution in [3.8, 4) is 0 Å². The van der Waals surface area contributed by atoms with Crippen LogP contribution in [0.1, 0.15) is 41.0 Å². The minimum absolute atomic E-state index is 0.147. The van der Waals surface area contributed by atoms with E-state index in [-0.39, 0.29) is 6.61 Å². The maximum Gasteiger partial charge on any atom is 0.412 e. The quantitative estimate of drug-likeness (QED) is 0.741. The molecule has 0 spiro atoms. The molecule has 1 saturated heterocycles. The molecule has 112 valence electrons. The summed E-state index contributed by atoms with van der Waals surface area (Å²) in [6.07, 6.45) is -6.24. The summed E-state index contributed by atoms with van der Waals surface area (Å²) in [4.78, 5) is 13.1. The minimum Gasteiger partial charge on any atom is -0.444 e. The Morgan fingerprint density at radius 1 is 1.37 bits per heavy atom. The summed E-state index contributed by atoms with van der Waals surface area (Å²) in [5.41, 5.74) is -1.86. The van der Waals surface area contributed by atoms with E-state index >= 15 is 0 Å². The summed E-state index contributed by atoms with van der Waals surface area (Å²) in [7, 11) is 0. The van der Waals surface area contributed by atoms with Crippen LogP contribution in [-0.2, 0) is 9.47 Å². The highest BCUT2D eigenvalue weighted by Gasteiger charge is 2.49. The molecule has 1 aliphatic heterocycles. The molecule has 1 fully saturated rings. The summed E-state index contributed by atoms with van der Waals surface area (Å²) in [5, 5.41) is 0. The highest BCUT2D eigenvalue weighted by Crippen LogP contribution is 2.35. The molecule has 0 aromatic heterocycles. The first kappa shape index (κ1) is 16.1. The smallest absolute Gasteiger partial charge is 0.412 e. The van der Waals surface area contributed by atoms with Gasteiger partial charge in [0.15, 0.2) is 0 Å². The lowest BCUT2D eigenvalue weighted by molar-refractivity contribution is -0.145. The molecule has 0 radical (unpaired) electrons. The maximum absolute atomic E-state index is 12.5. The second-order valence-electron chi connectivity index (χ2n) is 6.08. The first-order chi connectivity index (χ1) is 8.32. The number of carbonyl (C=O) groups is 1. The van der Waals surface area contributed by atoms with Gasteiger partial charge in [0.25, 0.3) is 0 Å². The van der Waals surface area contributed by atoms with Gasteiger partial charge in [0.1, 0.15) is 11.3 Å². The van der Waals surface area contributed by atoms with E-state index in [0.717, 1.165) is 4.90 Å². The van der Waals surface area contributed by atoms with Crippen LogP contribution in [0.3, 0.4) is 0 Å². The topological polar surface area (TPSA) is 38.8 Å². The third kappa shape index (κ3) is 4.56. The monoisotopic (exact) mass is 283 g/mol. The molecule has 0 aliphatic carbocycles. The van der Waals surface area contributed by atoms with E-state index in [1.54, 1.807) is 34.6 Å². The van der Waals surface area contributed by atoms with Crippen LogP contribution in [0.4, 0.5) is 18.0 Å². The van der Waals surface area contributed by atoms with Gasteiger partial charge < -0.3 is 9.47 Å². The summed E-state index contributed by atoms with van der Waals surface area (Å²) in [5.74, 6) is 0. The van der Waals surface area contributed by atoms with Crippen LogP contribution in [0.25, 0.3) is 0 Å². The van der Waals surface area contributed by atoms with E-state index in [4.69, 9.17) is 9.47 Å². The Kier molecular flexibility index (Phi) is 4.10. The zero-order chi connectivity index (χ0) is 15.1. The van der Waals surface area contributed by atoms with Gasteiger partial charge in [0, 0.05) is 0 Å². The van der Waals surface area contributed by atoms with Crippen molar-refractivity contribution < 1.29 is 27.4 Å². The van der Waals surface area contributed by atoms with Crippen LogP contribution in [-0.4, -0.2) is 41.1 Å². The van der Waals surface area contributed by atoms with Crippen molar-refractivity contribution in [3.63, 3.8) is 0 Å². The van der Waals surface area contributed by atoms with Crippen molar-refractivity contribution in [1.29, 1.82) is 0 Å². The Morgan fingerprint density at radius 2 is 1.89 bits per heavy atom. The third-order valence-electron chi connectivity index (χ3n) is 2.63. The predicted octanol–water partition coefficient (Wildman–Crippen LogP) is 3.31. The van der Waals surface area contributed by atoms with Crippen molar-refractivity contribution in [2.24, 2.45) is 0 Å². The van der Waals surface area contributed by atoms with Crippen molar-refractivity contribution in [2.75, 3.05) is 6.61 Å². The van der Waals surface area contributed by atoms with Crippen LogP contribution < -0.4 is 0 Å². The SMILES string of the molecule is CC(C)(C)OC(=O)N1[C@H](CC(F)(F)F)COC1(C)C. The predicted molar refractivity (Wildman–Crippen MR) is 62.6 cm³/mol. The Morgan fingerprint density at radius 3 is 2.32 bits per heavy atom. The number of hydrogen-bond acceptors (Lipinski definition) is 3. The summed E-state index contributed by atoms with van der Waals surface area (Å²) in [6, 6.07) is -1.05. The summed E-state index contributed by atoms with van der Waals surface area (Å²) in [6.45, 7) is 7.93. The molecule has 7 heteroatoms. The lowest BCUT2D eigenvalue weighted by Crippen LogP contribution is -2.50. The molecule has 4 nitrogen and oxygen atoms in total. The van der Waals surface area contributed by atoms with E-state index in [1.807, 2.05) is 0 Å². The number of alkyl halides is 3. The third-order valence-corrected chi connectivity index (χ3v) is 2.63. The van der Waals surface area contributed by atoms with Gasteiger partial charge in [-0.15, -0.1) is 0 Å². The lowest BCUT2D eigenvalue weighted by Gasteiger charge is -2.35. The normalized spacial score (nSPS) is 23.6. The number of halogens is 3. The van der Waals surface area contributed by atoms with Crippen LogP contribution in [0.5, 0.6) is 0 Å². The van der Waals surface area contributed by atoms with Crippen molar-refractivity contribution in [3.05, 3.63) is 0 Å². The Bertz CT molecular complexity index is 347. The second kappa shape index (κ2) is 4.85. The number of amides is 1. The molecule has 0 bridgehead atoms. The maximum atomic E-state index is 12.5. The standard InChI is InChI=1S/C12H20F3NO3/c1-10(2,3)19-9(17)16-8(6-12(13,14)15)7-18-11(16,4)5/h8H,6-7H2,1-5H3/t8-/m1/s1. The van der Waals surface area contributed by atoms with Gasteiger partial charge in [-0.1, -0.05) is 0 Å². The lowest BCUT2D eigenvalue weighted by atomic mass is 10.1. The molecule has 1 atom stereocenters. The summed E-state index contributed by atoms with van der Waals surface area (Å²) < 4.78 is 47.9. The molecular weight excluding hydrogens is 263 g/mol. The molecular formula is C12H20F3NO3. The van der Waals surface area contributed by atoms with Crippen molar-refractivity contribution in [1.82, 2.24) is 4.90 Å². The fourth-order valence-electron chi connectivity index (χ4n) is 1.98. The largest absolute Gasteiger partial charge is 0.444 e. The molecule has 0 saturated carbocycles. The minimum atomic E-state index is -4.35. The van der Waals surface area contributed by atoms with Gasteiger partial charge in [-0.2, -0.15) is 13.2 Å². The molecule has 1 amide bonds. The first-order valence-electron chi connectivity index (χ1n) is 6.05. The van der Waals surface area contributed by atoms with Gasteiger partial charge in [0.2, 0.25) is 0 Å². The summed E-state index contributed by atoms with van der Waals surface area (Å²) >= 11 is 0. The van der Waals surface area contributed by atoms with Gasteiger partial charge in [-0.3, -0.25) is 4.90 Å². The fraction of sp³-hybridized carbons (Fsp3) is 0.917. The molecule has 0 unspecified atom stereocenters. The molecule has 0 aromatic rings. The number of nitrogens with zero attached hydrogens (tertiary/aromatic N) is 1. The van der Waals surface area contributed by atoms with Gasteiger partial charge in [-0.05, 0) is 34.6 Å². The number of carbonyl (C=O) groups excluding carboxylic acids is 1. The highest BCUT2D eigenvalue weighted by atomic mass is 19.4. The van der Waals surface area contributed by atoms with E-state index in [0.29, 0.717) is 0 Å². The van der Waals surface area contributed by atoms with E-state index in [2.05, 4.69) is 0 Å². The zero-order valence-corrected chi connectivity index (χ0v) is 11.8.